The van der Waals surface area contributed by atoms with Crippen molar-refractivity contribution in [3.8, 4) is 0 Å². The monoisotopic (exact) mass is 177 g/mol. The third-order valence-corrected chi connectivity index (χ3v) is 1.45. The summed E-state index contributed by atoms with van der Waals surface area (Å²) in [6, 6.07) is 7.01. The summed E-state index contributed by atoms with van der Waals surface area (Å²) in [5.41, 5.74) is 6.82. The molecule has 68 valence electrons. The van der Waals surface area contributed by atoms with Gasteiger partial charge in [-0.05, 0) is 18.2 Å². The van der Waals surface area contributed by atoms with Gasteiger partial charge in [0.1, 0.15) is 0 Å². The van der Waals surface area contributed by atoms with Gasteiger partial charge in [-0.25, -0.2) is 0 Å². The average molecular weight is 177 g/mol. The van der Waals surface area contributed by atoms with E-state index in [1.54, 1.807) is 31.3 Å². The number of anilines is 1. The predicted molar refractivity (Wildman–Crippen MR) is 53.1 cm³/mol. The average Bonchev–Trinajstić information content (AvgIpc) is 2.14. The molecule has 4 heteroatoms. The molecule has 0 spiro atoms. The number of aliphatic imine (C=N–C) groups is 1. The summed E-state index contributed by atoms with van der Waals surface area (Å²) in [7, 11) is 1.55. The van der Waals surface area contributed by atoms with Gasteiger partial charge in [0, 0.05) is 12.7 Å². The highest BCUT2D eigenvalue weighted by atomic mass is 16.1. The largest absolute Gasteiger partial charge is 0.399 e. The summed E-state index contributed by atoms with van der Waals surface area (Å²) in [5, 5.41) is 2.43. The standard InChI is InChI=1S/C9H11N3O/c1-11-9(13)6-12-8-4-2-3-7(10)5-8/h2-6H,10H2,1H3,(H,11,13)/b12-6+. The number of nitrogens with zero attached hydrogens (tertiary/aromatic N) is 1. The van der Waals surface area contributed by atoms with E-state index in [1.807, 2.05) is 0 Å². The molecule has 3 N–H and O–H groups in total. The fourth-order valence-corrected chi connectivity index (χ4v) is 0.803. The van der Waals surface area contributed by atoms with Crippen molar-refractivity contribution in [2.24, 2.45) is 4.99 Å². The van der Waals surface area contributed by atoms with Crippen molar-refractivity contribution in [2.45, 2.75) is 0 Å². The molecule has 0 heterocycles. The number of hydrogen-bond donors (Lipinski definition) is 2. The van der Waals surface area contributed by atoms with E-state index in [-0.39, 0.29) is 5.91 Å². The van der Waals surface area contributed by atoms with Crippen LogP contribution in [0.15, 0.2) is 29.3 Å². The van der Waals surface area contributed by atoms with Crippen LogP contribution < -0.4 is 11.1 Å². The second kappa shape index (κ2) is 4.25. The molecule has 0 bridgehead atoms. The van der Waals surface area contributed by atoms with Gasteiger partial charge < -0.3 is 11.1 Å². The van der Waals surface area contributed by atoms with Crippen molar-refractivity contribution in [1.29, 1.82) is 0 Å². The highest BCUT2D eigenvalue weighted by molar-refractivity contribution is 6.26. The Hall–Kier alpha value is -1.84. The molecule has 0 aliphatic heterocycles. The lowest BCUT2D eigenvalue weighted by molar-refractivity contribution is -0.113. The predicted octanol–water partition coefficient (Wildman–Crippen LogP) is 0.717. The smallest absolute Gasteiger partial charge is 0.262 e. The number of carbonyl (C=O) groups is 1. The Morgan fingerprint density at radius 2 is 2.38 bits per heavy atom. The van der Waals surface area contributed by atoms with Gasteiger partial charge in [-0.15, -0.1) is 0 Å². The summed E-state index contributed by atoms with van der Waals surface area (Å²) in [6.45, 7) is 0. The van der Waals surface area contributed by atoms with E-state index < -0.39 is 0 Å². The molecule has 0 aromatic heterocycles. The normalized spacial score (nSPS) is 10.2. The van der Waals surface area contributed by atoms with Gasteiger partial charge in [0.15, 0.2) is 0 Å². The Balaban J connectivity index is 2.74. The van der Waals surface area contributed by atoms with Crippen LogP contribution >= 0.6 is 0 Å². The number of nitrogens with two attached hydrogens (primary N) is 1. The van der Waals surface area contributed by atoms with Gasteiger partial charge in [0.05, 0.1) is 11.9 Å². The van der Waals surface area contributed by atoms with Crippen LogP contribution in [0.4, 0.5) is 11.4 Å². The first-order chi connectivity index (χ1) is 6.22. The zero-order valence-corrected chi connectivity index (χ0v) is 7.32. The van der Waals surface area contributed by atoms with Gasteiger partial charge in [-0.2, -0.15) is 0 Å². The topological polar surface area (TPSA) is 67.5 Å². The van der Waals surface area contributed by atoms with Gasteiger partial charge in [-0.3, -0.25) is 9.79 Å². The molecule has 0 saturated heterocycles. The number of carbonyl (C=O) groups excluding carboxylic acids is 1. The molecule has 4 nitrogen and oxygen atoms in total. The van der Waals surface area contributed by atoms with E-state index in [0.29, 0.717) is 11.4 Å². The van der Waals surface area contributed by atoms with E-state index in [1.165, 1.54) is 6.21 Å². The summed E-state index contributed by atoms with van der Waals surface area (Å²) in [5.74, 6) is -0.234. The first-order valence-corrected chi connectivity index (χ1v) is 3.83. The fraction of sp³-hybridized carbons (Fsp3) is 0.111. The zero-order chi connectivity index (χ0) is 9.68. The number of amides is 1. The molecular weight excluding hydrogens is 166 g/mol. The van der Waals surface area contributed by atoms with Crippen LogP contribution in [0.25, 0.3) is 0 Å². The van der Waals surface area contributed by atoms with Crippen molar-refractivity contribution in [3.63, 3.8) is 0 Å². The first kappa shape index (κ1) is 9.25. The van der Waals surface area contributed by atoms with Gasteiger partial charge in [0.25, 0.3) is 5.91 Å². The third-order valence-electron chi connectivity index (χ3n) is 1.45. The van der Waals surface area contributed by atoms with Crippen LogP contribution in [0.2, 0.25) is 0 Å². The number of nitrogen functional groups attached to an aromatic ring is 1. The summed E-state index contributed by atoms with van der Waals surface area (Å²) in [6.07, 6.45) is 1.22. The molecule has 0 atom stereocenters. The quantitative estimate of drug-likeness (QED) is 0.516. The van der Waals surface area contributed by atoms with Gasteiger partial charge in [0.2, 0.25) is 0 Å². The van der Waals surface area contributed by atoms with Crippen molar-refractivity contribution in [2.75, 3.05) is 12.8 Å². The van der Waals surface area contributed by atoms with E-state index >= 15 is 0 Å². The third kappa shape index (κ3) is 2.94. The van der Waals surface area contributed by atoms with E-state index in [4.69, 9.17) is 5.73 Å². The Morgan fingerprint density at radius 1 is 1.62 bits per heavy atom. The molecule has 0 aliphatic carbocycles. The number of benzene rings is 1. The van der Waals surface area contributed by atoms with Crippen LogP contribution in [-0.4, -0.2) is 19.2 Å². The van der Waals surface area contributed by atoms with Crippen LogP contribution in [-0.2, 0) is 4.79 Å². The minimum Gasteiger partial charge on any atom is -0.399 e. The van der Waals surface area contributed by atoms with Gasteiger partial charge >= 0.3 is 0 Å². The molecule has 0 saturated carbocycles. The fourth-order valence-electron chi connectivity index (χ4n) is 0.803. The van der Waals surface area contributed by atoms with Crippen LogP contribution in [0.3, 0.4) is 0 Å². The molecule has 1 rings (SSSR count). The van der Waals surface area contributed by atoms with E-state index in [9.17, 15) is 4.79 Å². The number of rotatable bonds is 2. The SMILES string of the molecule is CNC(=O)/C=N/c1cccc(N)c1. The van der Waals surface area contributed by atoms with Crippen LogP contribution in [0, 0.1) is 0 Å². The van der Waals surface area contributed by atoms with E-state index in [2.05, 4.69) is 10.3 Å². The molecule has 0 aliphatic rings. The highest BCUT2D eigenvalue weighted by Gasteiger charge is 1.91. The molecule has 1 amide bonds. The minimum absolute atomic E-state index is 0.234. The lowest BCUT2D eigenvalue weighted by Crippen LogP contribution is -2.18. The molecule has 1 aromatic rings. The Bertz CT molecular complexity index is 333. The molecule has 0 unspecified atom stereocenters. The minimum atomic E-state index is -0.234. The molecule has 0 radical (unpaired) electrons. The maximum Gasteiger partial charge on any atom is 0.262 e. The van der Waals surface area contributed by atoms with Crippen molar-refractivity contribution >= 4 is 23.5 Å². The van der Waals surface area contributed by atoms with Crippen molar-refractivity contribution in [3.05, 3.63) is 24.3 Å². The molecule has 1 aromatic carbocycles. The second-order valence-corrected chi connectivity index (χ2v) is 2.47. The molecular formula is C9H11N3O. The van der Waals surface area contributed by atoms with Crippen LogP contribution in [0.1, 0.15) is 0 Å². The van der Waals surface area contributed by atoms with Crippen molar-refractivity contribution in [1.82, 2.24) is 5.32 Å². The van der Waals surface area contributed by atoms with Crippen molar-refractivity contribution < 1.29 is 4.79 Å². The lowest BCUT2D eigenvalue weighted by atomic mass is 10.3. The molecule has 13 heavy (non-hydrogen) atoms. The first-order valence-electron chi connectivity index (χ1n) is 3.83. The maximum atomic E-state index is 10.8. The highest BCUT2D eigenvalue weighted by Crippen LogP contribution is 2.14. The number of hydrogen-bond acceptors (Lipinski definition) is 3. The summed E-state index contributed by atoms with van der Waals surface area (Å²) in [4.78, 5) is 14.7. The zero-order valence-electron chi connectivity index (χ0n) is 7.32. The number of nitrogens with one attached hydrogen (secondary N) is 1. The maximum absolute atomic E-state index is 10.8. The Kier molecular flexibility index (Phi) is 3.03. The molecule has 0 fully saturated rings. The summed E-state index contributed by atoms with van der Waals surface area (Å²) < 4.78 is 0. The lowest BCUT2D eigenvalue weighted by Gasteiger charge is -1.94. The van der Waals surface area contributed by atoms with E-state index in [0.717, 1.165) is 0 Å². The van der Waals surface area contributed by atoms with Gasteiger partial charge in [-0.1, -0.05) is 6.07 Å². The Morgan fingerprint density at radius 3 is 3.00 bits per heavy atom. The second-order valence-electron chi connectivity index (χ2n) is 2.47. The Labute approximate surface area is 76.5 Å². The summed E-state index contributed by atoms with van der Waals surface area (Å²) >= 11 is 0. The van der Waals surface area contributed by atoms with Crippen LogP contribution in [0.5, 0.6) is 0 Å².